The van der Waals surface area contributed by atoms with E-state index in [0.29, 0.717) is 12.8 Å². The van der Waals surface area contributed by atoms with Crippen molar-refractivity contribution in [3.63, 3.8) is 0 Å². The van der Waals surface area contributed by atoms with Gasteiger partial charge >= 0.3 is 11.9 Å². The minimum absolute atomic E-state index is 0.0265. The maximum absolute atomic E-state index is 12.7. The first-order valence-corrected chi connectivity index (χ1v) is 20.7. The molecule has 0 bridgehead atoms. The van der Waals surface area contributed by atoms with Crippen LogP contribution in [0.1, 0.15) is 162 Å². The first-order valence-electron chi connectivity index (χ1n) is 20.7. The SMILES string of the molecule is CC/C=C/C/C=C/C/C=C/CCCCCCC(=O)OCC(COCCC(C(=O)[O-])[N+](C)(C)C)OC(=O)CCCCC/C=C/CCCCCCCCC. The molecule has 0 aromatic carbocycles. The van der Waals surface area contributed by atoms with Crippen LogP contribution in [0.4, 0.5) is 0 Å². The molecule has 2 unspecified atom stereocenters. The van der Waals surface area contributed by atoms with Crippen LogP contribution in [0.15, 0.2) is 48.6 Å². The molecule has 52 heavy (non-hydrogen) atoms. The van der Waals surface area contributed by atoms with E-state index in [0.717, 1.165) is 83.5 Å². The molecule has 0 aliphatic heterocycles. The first-order chi connectivity index (χ1) is 25.1. The Morgan fingerprint density at radius 3 is 1.63 bits per heavy atom. The van der Waals surface area contributed by atoms with E-state index in [9.17, 15) is 19.5 Å². The zero-order chi connectivity index (χ0) is 38.5. The maximum Gasteiger partial charge on any atom is 0.306 e. The minimum Gasteiger partial charge on any atom is -0.544 e. The van der Waals surface area contributed by atoms with Gasteiger partial charge in [-0.25, -0.2) is 0 Å². The number of likely N-dealkylation sites (N-methyl/N-ethyl adjacent to an activating group) is 1. The number of rotatable bonds is 36. The lowest BCUT2D eigenvalue weighted by molar-refractivity contribution is -0.889. The summed E-state index contributed by atoms with van der Waals surface area (Å²) < 4.78 is 17.1. The van der Waals surface area contributed by atoms with Gasteiger partial charge in [0.15, 0.2) is 6.10 Å². The number of unbranched alkanes of at least 4 members (excludes halogenated alkanes) is 14. The lowest BCUT2D eigenvalue weighted by Gasteiger charge is -2.34. The second kappa shape index (κ2) is 35.3. The van der Waals surface area contributed by atoms with E-state index in [-0.39, 0.29) is 42.7 Å². The summed E-state index contributed by atoms with van der Waals surface area (Å²) >= 11 is 0. The van der Waals surface area contributed by atoms with Gasteiger partial charge in [-0.3, -0.25) is 9.59 Å². The number of quaternary nitrogens is 1. The van der Waals surface area contributed by atoms with Crippen molar-refractivity contribution in [3.8, 4) is 0 Å². The van der Waals surface area contributed by atoms with Crippen molar-refractivity contribution in [1.82, 2.24) is 0 Å². The molecular formula is C44H77NO7. The highest BCUT2D eigenvalue weighted by Crippen LogP contribution is 2.12. The summed E-state index contributed by atoms with van der Waals surface area (Å²) in [5.74, 6) is -1.79. The van der Waals surface area contributed by atoms with E-state index in [1.165, 1.54) is 44.9 Å². The van der Waals surface area contributed by atoms with Crippen molar-refractivity contribution in [2.75, 3.05) is 41.0 Å². The third-order valence-corrected chi connectivity index (χ3v) is 8.95. The van der Waals surface area contributed by atoms with Crippen LogP contribution in [-0.4, -0.2) is 75.5 Å². The molecule has 0 aliphatic rings. The summed E-state index contributed by atoms with van der Waals surface area (Å²) in [6, 6.07) is -0.731. The molecule has 0 radical (unpaired) electrons. The number of aliphatic carboxylic acids is 1. The van der Waals surface area contributed by atoms with Gasteiger partial charge in [0.25, 0.3) is 0 Å². The number of carbonyl (C=O) groups is 3. The van der Waals surface area contributed by atoms with Crippen molar-refractivity contribution < 1.29 is 38.2 Å². The molecular weight excluding hydrogens is 654 g/mol. The number of nitrogens with zero attached hydrogens (tertiary/aromatic N) is 1. The highest BCUT2D eigenvalue weighted by molar-refractivity contribution is 5.70. The Hall–Kier alpha value is -2.71. The predicted molar refractivity (Wildman–Crippen MR) is 213 cm³/mol. The second-order valence-electron chi connectivity index (χ2n) is 14.8. The van der Waals surface area contributed by atoms with E-state index >= 15 is 0 Å². The number of esters is 2. The van der Waals surface area contributed by atoms with Crippen molar-refractivity contribution in [1.29, 1.82) is 0 Å². The highest BCUT2D eigenvalue weighted by atomic mass is 16.6. The molecule has 8 nitrogen and oxygen atoms in total. The fraction of sp³-hybridized carbons (Fsp3) is 0.750. The molecule has 0 aromatic rings. The lowest BCUT2D eigenvalue weighted by atomic mass is 10.1. The van der Waals surface area contributed by atoms with Crippen LogP contribution in [0.5, 0.6) is 0 Å². The Morgan fingerprint density at radius 1 is 0.596 bits per heavy atom. The summed E-state index contributed by atoms with van der Waals surface area (Å²) in [7, 11) is 5.38. The smallest absolute Gasteiger partial charge is 0.306 e. The Morgan fingerprint density at radius 2 is 1.08 bits per heavy atom. The molecule has 0 amide bonds. The zero-order valence-electron chi connectivity index (χ0n) is 34.0. The third kappa shape index (κ3) is 33.1. The molecule has 0 N–H and O–H groups in total. The van der Waals surface area contributed by atoms with Gasteiger partial charge in [0.05, 0.1) is 40.3 Å². The van der Waals surface area contributed by atoms with Crippen LogP contribution < -0.4 is 5.11 Å². The number of hydrogen-bond donors (Lipinski definition) is 0. The number of ether oxygens (including phenoxy) is 3. The Bertz CT molecular complexity index is 995. The number of carbonyl (C=O) groups excluding carboxylic acids is 3. The van der Waals surface area contributed by atoms with E-state index in [2.05, 4.69) is 62.5 Å². The van der Waals surface area contributed by atoms with Crippen molar-refractivity contribution >= 4 is 17.9 Å². The number of allylic oxidation sites excluding steroid dienone is 8. The van der Waals surface area contributed by atoms with Crippen LogP contribution in [0.25, 0.3) is 0 Å². The van der Waals surface area contributed by atoms with Gasteiger partial charge in [0.1, 0.15) is 12.6 Å². The van der Waals surface area contributed by atoms with E-state index in [1.54, 1.807) is 21.1 Å². The fourth-order valence-electron chi connectivity index (χ4n) is 5.73. The van der Waals surface area contributed by atoms with E-state index in [1.807, 2.05) is 0 Å². The van der Waals surface area contributed by atoms with Gasteiger partial charge in [-0.1, -0.05) is 120 Å². The van der Waals surface area contributed by atoms with Gasteiger partial charge in [-0.05, 0) is 70.6 Å². The summed E-state index contributed by atoms with van der Waals surface area (Å²) in [6.07, 6.45) is 39.9. The maximum atomic E-state index is 12.7. The monoisotopic (exact) mass is 732 g/mol. The van der Waals surface area contributed by atoms with Crippen LogP contribution >= 0.6 is 0 Å². The molecule has 0 heterocycles. The van der Waals surface area contributed by atoms with E-state index in [4.69, 9.17) is 14.2 Å². The molecule has 2 atom stereocenters. The Kier molecular flexibility index (Phi) is 33.5. The van der Waals surface area contributed by atoms with Crippen LogP contribution in [0, 0.1) is 0 Å². The highest BCUT2D eigenvalue weighted by Gasteiger charge is 2.25. The number of carboxylic acid groups (broad SMARTS) is 1. The predicted octanol–water partition coefficient (Wildman–Crippen LogP) is 9.52. The summed E-state index contributed by atoms with van der Waals surface area (Å²) in [5.41, 5.74) is 0. The molecule has 8 heteroatoms. The molecule has 300 valence electrons. The first kappa shape index (κ1) is 49.3. The topological polar surface area (TPSA) is 102 Å². The normalized spacial score (nSPS) is 13.5. The summed E-state index contributed by atoms with van der Waals surface area (Å²) in [6.45, 7) is 4.49. The van der Waals surface area contributed by atoms with Crippen LogP contribution in [0.3, 0.4) is 0 Å². The number of carboxylic acids is 1. The molecule has 0 rings (SSSR count). The fourth-order valence-corrected chi connectivity index (χ4v) is 5.73. The molecule has 0 fully saturated rings. The van der Waals surface area contributed by atoms with Gasteiger partial charge in [0.2, 0.25) is 0 Å². The van der Waals surface area contributed by atoms with E-state index < -0.39 is 18.1 Å². The summed E-state index contributed by atoms with van der Waals surface area (Å²) in [5, 5.41) is 11.6. The summed E-state index contributed by atoms with van der Waals surface area (Å²) in [4.78, 5) is 36.7. The minimum atomic E-state index is -1.13. The number of hydrogen-bond acceptors (Lipinski definition) is 7. The van der Waals surface area contributed by atoms with Gasteiger partial charge in [-0.15, -0.1) is 0 Å². The quantitative estimate of drug-likeness (QED) is 0.0274. The largest absolute Gasteiger partial charge is 0.544 e. The Balaban J connectivity index is 4.45. The molecule has 0 saturated carbocycles. The van der Waals surface area contributed by atoms with Crippen molar-refractivity contribution in [3.05, 3.63) is 48.6 Å². The van der Waals surface area contributed by atoms with Crippen molar-refractivity contribution in [2.24, 2.45) is 0 Å². The Labute approximate surface area is 318 Å². The van der Waals surface area contributed by atoms with Gasteiger partial charge in [0, 0.05) is 19.3 Å². The van der Waals surface area contributed by atoms with Crippen LogP contribution in [-0.2, 0) is 28.6 Å². The average molecular weight is 732 g/mol. The molecule has 0 aromatic heterocycles. The zero-order valence-corrected chi connectivity index (χ0v) is 34.0. The van der Waals surface area contributed by atoms with Gasteiger partial charge < -0.3 is 28.6 Å². The average Bonchev–Trinajstić information content (AvgIpc) is 3.09. The van der Waals surface area contributed by atoms with Gasteiger partial charge in [-0.2, -0.15) is 0 Å². The lowest BCUT2D eigenvalue weighted by Crippen LogP contribution is -2.55. The molecule has 0 aliphatic carbocycles. The standard InChI is InChI=1S/C44H77NO7/c1-6-8-10-12-14-16-18-20-22-24-26-28-30-32-34-42(46)51-39-40(38-50-37-36-41(44(48)49)45(3,4)5)52-43(47)35-33-31-29-27-25-23-21-19-17-15-13-11-9-7-2/h8,10,14,16,20,22-23,25,40-41H,6-7,9,11-13,15,17-19,21,24,26-39H2,1-5H3/b10-8+,16-14+,22-20+,25-23+. The van der Waals surface area contributed by atoms with Crippen molar-refractivity contribution in [2.45, 2.75) is 174 Å². The van der Waals surface area contributed by atoms with Crippen LogP contribution in [0.2, 0.25) is 0 Å². The third-order valence-electron chi connectivity index (χ3n) is 8.95. The molecule has 0 saturated heterocycles. The second-order valence-corrected chi connectivity index (χ2v) is 14.8. The molecule has 0 spiro atoms.